The van der Waals surface area contributed by atoms with E-state index in [9.17, 15) is 0 Å². The highest BCUT2D eigenvalue weighted by atomic mass is 16.7. The Kier molecular flexibility index (Phi) is 2.11. The van der Waals surface area contributed by atoms with Crippen LogP contribution in [0.2, 0.25) is 0 Å². The summed E-state index contributed by atoms with van der Waals surface area (Å²) in [6.45, 7) is 0.854. The van der Waals surface area contributed by atoms with Crippen molar-refractivity contribution in [3.63, 3.8) is 0 Å². The molecule has 0 aromatic carbocycles. The summed E-state index contributed by atoms with van der Waals surface area (Å²) in [4.78, 5) is 0. The molecule has 2 aliphatic rings. The fourth-order valence-electron chi connectivity index (χ4n) is 1.36. The van der Waals surface area contributed by atoms with Crippen molar-refractivity contribution in [2.45, 2.75) is 44.1 Å². The lowest BCUT2D eigenvalue weighted by molar-refractivity contribution is -0.169. The van der Waals surface area contributed by atoms with Crippen molar-refractivity contribution in [3.8, 4) is 0 Å². The van der Waals surface area contributed by atoms with Crippen molar-refractivity contribution in [1.82, 2.24) is 0 Å². The van der Waals surface area contributed by atoms with E-state index in [1.165, 1.54) is 12.8 Å². The van der Waals surface area contributed by atoms with Gasteiger partial charge in [0, 0.05) is 12.6 Å². The molecule has 0 amide bonds. The molecular weight excluding hydrogens is 142 g/mol. The van der Waals surface area contributed by atoms with Crippen LogP contribution < -0.4 is 5.73 Å². The second kappa shape index (κ2) is 3.09. The van der Waals surface area contributed by atoms with E-state index in [0.717, 1.165) is 19.4 Å². The molecule has 0 spiro atoms. The van der Waals surface area contributed by atoms with Gasteiger partial charge in [0.2, 0.25) is 0 Å². The Hall–Kier alpha value is -0.120. The highest BCUT2D eigenvalue weighted by Crippen LogP contribution is 2.27. The smallest absolute Gasteiger partial charge is 0.158 e. The fraction of sp³-hybridized carbons (Fsp3) is 1.00. The van der Waals surface area contributed by atoms with Gasteiger partial charge in [0.15, 0.2) is 6.29 Å². The zero-order chi connectivity index (χ0) is 7.68. The van der Waals surface area contributed by atoms with Crippen molar-refractivity contribution < 1.29 is 9.47 Å². The third-order valence-corrected chi connectivity index (χ3v) is 2.24. The first kappa shape index (κ1) is 7.53. The molecule has 0 aromatic heterocycles. The van der Waals surface area contributed by atoms with E-state index >= 15 is 0 Å². The van der Waals surface area contributed by atoms with E-state index in [-0.39, 0.29) is 18.4 Å². The molecule has 1 heterocycles. The molecule has 64 valence electrons. The number of hydrogen-bond donors (Lipinski definition) is 1. The van der Waals surface area contributed by atoms with Gasteiger partial charge in [-0.1, -0.05) is 0 Å². The SMILES string of the molecule is N[C@@H]1C[C@H]1O[C@@H]1CCCCO1. The van der Waals surface area contributed by atoms with Crippen LogP contribution in [-0.2, 0) is 9.47 Å². The molecule has 3 atom stereocenters. The van der Waals surface area contributed by atoms with Gasteiger partial charge in [-0.05, 0) is 25.7 Å². The molecule has 0 radical (unpaired) electrons. The van der Waals surface area contributed by atoms with Gasteiger partial charge in [0.1, 0.15) is 0 Å². The fourth-order valence-corrected chi connectivity index (χ4v) is 1.36. The van der Waals surface area contributed by atoms with Gasteiger partial charge in [-0.15, -0.1) is 0 Å². The summed E-state index contributed by atoms with van der Waals surface area (Å²) in [5.41, 5.74) is 5.60. The quantitative estimate of drug-likeness (QED) is 0.639. The van der Waals surface area contributed by atoms with Gasteiger partial charge >= 0.3 is 0 Å². The van der Waals surface area contributed by atoms with E-state index in [1.54, 1.807) is 0 Å². The Labute approximate surface area is 66.8 Å². The largest absolute Gasteiger partial charge is 0.353 e. The highest BCUT2D eigenvalue weighted by Gasteiger charge is 2.37. The van der Waals surface area contributed by atoms with Crippen LogP contribution in [0.15, 0.2) is 0 Å². The topological polar surface area (TPSA) is 44.5 Å². The molecule has 1 aliphatic carbocycles. The highest BCUT2D eigenvalue weighted by molar-refractivity contribution is 4.92. The van der Waals surface area contributed by atoms with Crippen LogP contribution in [0.3, 0.4) is 0 Å². The second-order valence-corrected chi connectivity index (χ2v) is 3.37. The number of nitrogens with two attached hydrogens (primary N) is 1. The van der Waals surface area contributed by atoms with Gasteiger partial charge in [0.25, 0.3) is 0 Å². The molecule has 0 aromatic rings. The molecule has 3 heteroatoms. The van der Waals surface area contributed by atoms with Crippen molar-refractivity contribution in [2.24, 2.45) is 5.73 Å². The van der Waals surface area contributed by atoms with Crippen molar-refractivity contribution in [3.05, 3.63) is 0 Å². The normalized spacial score (nSPS) is 43.9. The van der Waals surface area contributed by atoms with Crippen molar-refractivity contribution >= 4 is 0 Å². The molecule has 11 heavy (non-hydrogen) atoms. The lowest BCUT2D eigenvalue weighted by atomic mass is 10.2. The summed E-state index contributed by atoms with van der Waals surface area (Å²) in [6.07, 6.45) is 4.80. The van der Waals surface area contributed by atoms with Gasteiger partial charge < -0.3 is 15.2 Å². The third kappa shape index (κ3) is 1.92. The Balaban J connectivity index is 1.68. The summed E-state index contributed by atoms with van der Waals surface area (Å²) >= 11 is 0. The van der Waals surface area contributed by atoms with Gasteiger partial charge in [-0.3, -0.25) is 0 Å². The maximum atomic E-state index is 5.60. The van der Waals surface area contributed by atoms with Crippen LogP contribution in [0.25, 0.3) is 0 Å². The number of rotatable bonds is 2. The summed E-state index contributed by atoms with van der Waals surface area (Å²) in [7, 11) is 0. The van der Waals surface area contributed by atoms with Crippen LogP contribution in [-0.4, -0.2) is 25.0 Å². The minimum Gasteiger partial charge on any atom is -0.353 e. The molecule has 2 rings (SSSR count). The predicted octanol–water partition coefficient (Wildman–Crippen LogP) is 0.629. The van der Waals surface area contributed by atoms with Gasteiger partial charge in [-0.25, -0.2) is 0 Å². The number of hydrogen-bond acceptors (Lipinski definition) is 3. The second-order valence-electron chi connectivity index (χ2n) is 3.37. The average molecular weight is 157 g/mol. The summed E-state index contributed by atoms with van der Waals surface area (Å²) < 4.78 is 11.0. The van der Waals surface area contributed by atoms with E-state index in [4.69, 9.17) is 15.2 Å². The molecule has 1 aliphatic heterocycles. The van der Waals surface area contributed by atoms with E-state index in [0.29, 0.717) is 0 Å². The molecular formula is C8H15NO2. The van der Waals surface area contributed by atoms with Crippen LogP contribution in [0, 0.1) is 0 Å². The lowest BCUT2D eigenvalue weighted by Gasteiger charge is -2.22. The molecule has 1 saturated heterocycles. The van der Waals surface area contributed by atoms with Crippen LogP contribution in [0.4, 0.5) is 0 Å². The summed E-state index contributed by atoms with van der Waals surface area (Å²) in [5.74, 6) is 0. The monoisotopic (exact) mass is 157 g/mol. The van der Waals surface area contributed by atoms with Gasteiger partial charge in [0.05, 0.1) is 6.10 Å². The molecule has 1 saturated carbocycles. The van der Waals surface area contributed by atoms with E-state index in [2.05, 4.69) is 0 Å². The van der Waals surface area contributed by atoms with E-state index < -0.39 is 0 Å². The Bertz CT molecular complexity index is 134. The average Bonchev–Trinajstić information content (AvgIpc) is 2.69. The number of ether oxygens (including phenoxy) is 2. The molecule has 3 nitrogen and oxygen atoms in total. The third-order valence-electron chi connectivity index (χ3n) is 2.24. The first-order chi connectivity index (χ1) is 5.36. The van der Waals surface area contributed by atoms with Crippen molar-refractivity contribution in [2.75, 3.05) is 6.61 Å². The molecule has 0 bridgehead atoms. The van der Waals surface area contributed by atoms with Crippen LogP contribution in [0.1, 0.15) is 25.7 Å². The Morgan fingerprint density at radius 3 is 2.73 bits per heavy atom. The van der Waals surface area contributed by atoms with Gasteiger partial charge in [-0.2, -0.15) is 0 Å². The predicted molar refractivity (Wildman–Crippen MR) is 41.1 cm³/mol. The summed E-state index contributed by atoms with van der Waals surface area (Å²) in [6, 6.07) is 0.278. The minimum absolute atomic E-state index is 0.0438. The van der Waals surface area contributed by atoms with Crippen molar-refractivity contribution in [1.29, 1.82) is 0 Å². The van der Waals surface area contributed by atoms with Crippen LogP contribution >= 0.6 is 0 Å². The summed E-state index contributed by atoms with van der Waals surface area (Å²) in [5, 5.41) is 0. The van der Waals surface area contributed by atoms with Crippen LogP contribution in [0.5, 0.6) is 0 Å². The first-order valence-corrected chi connectivity index (χ1v) is 4.39. The Morgan fingerprint density at radius 1 is 1.36 bits per heavy atom. The lowest BCUT2D eigenvalue weighted by Crippen LogP contribution is -2.25. The minimum atomic E-state index is 0.0438. The molecule has 2 N–H and O–H groups in total. The molecule has 0 unspecified atom stereocenters. The Morgan fingerprint density at radius 2 is 2.18 bits per heavy atom. The maximum absolute atomic E-state index is 5.60. The van der Waals surface area contributed by atoms with E-state index in [1.807, 2.05) is 0 Å². The maximum Gasteiger partial charge on any atom is 0.158 e. The molecule has 2 fully saturated rings. The standard InChI is InChI=1S/C8H15NO2/c9-6-5-7(6)11-8-3-1-2-4-10-8/h6-8H,1-5,9H2/t6-,7-,8-/m1/s1. The first-order valence-electron chi connectivity index (χ1n) is 4.39. The zero-order valence-electron chi connectivity index (χ0n) is 6.66. The zero-order valence-corrected chi connectivity index (χ0v) is 6.66.